The van der Waals surface area contributed by atoms with Gasteiger partial charge in [0.1, 0.15) is 0 Å². The third-order valence-corrected chi connectivity index (χ3v) is 5.27. The normalized spacial score (nSPS) is 15.9. The van der Waals surface area contributed by atoms with Crippen molar-refractivity contribution in [2.75, 3.05) is 31.1 Å². The van der Waals surface area contributed by atoms with Gasteiger partial charge in [-0.2, -0.15) is 0 Å². The van der Waals surface area contributed by atoms with Crippen LogP contribution in [0.4, 0.5) is 5.69 Å². The molecule has 1 saturated heterocycles. The Kier molecular flexibility index (Phi) is 5.38. The molecule has 1 fully saturated rings. The third-order valence-electron chi connectivity index (χ3n) is 4.33. The van der Waals surface area contributed by atoms with Gasteiger partial charge in [-0.3, -0.25) is 4.90 Å². The first-order valence-electron chi connectivity index (χ1n) is 7.71. The van der Waals surface area contributed by atoms with Crippen LogP contribution in [0.2, 0.25) is 15.1 Å². The molecule has 0 amide bonds. The summed E-state index contributed by atoms with van der Waals surface area (Å²) in [7, 11) is 0. The van der Waals surface area contributed by atoms with Gasteiger partial charge in [-0.1, -0.05) is 46.9 Å². The molecule has 0 N–H and O–H groups in total. The van der Waals surface area contributed by atoms with Gasteiger partial charge in [0.25, 0.3) is 0 Å². The lowest BCUT2D eigenvalue weighted by Crippen LogP contribution is -2.46. The van der Waals surface area contributed by atoms with E-state index in [1.807, 2.05) is 24.3 Å². The van der Waals surface area contributed by atoms with Crippen LogP contribution in [0.15, 0.2) is 36.4 Å². The molecule has 0 aliphatic carbocycles. The van der Waals surface area contributed by atoms with Crippen molar-refractivity contribution in [1.82, 2.24) is 4.90 Å². The van der Waals surface area contributed by atoms with Gasteiger partial charge in [-0.25, -0.2) is 0 Å². The Labute approximate surface area is 152 Å². The number of halogens is 3. The molecule has 0 atom stereocenters. The maximum atomic E-state index is 6.28. The van der Waals surface area contributed by atoms with E-state index in [2.05, 4.69) is 28.9 Å². The number of benzene rings is 2. The molecular formula is C18H19Cl3N2. The Hall–Kier alpha value is -0.930. The molecule has 0 radical (unpaired) electrons. The predicted molar refractivity (Wildman–Crippen MR) is 100 cm³/mol. The molecule has 23 heavy (non-hydrogen) atoms. The minimum atomic E-state index is 0.741. The molecule has 1 aliphatic rings. The van der Waals surface area contributed by atoms with E-state index in [1.54, 1.807) is 0 Å². The predicted octanol–water partition coefficient (Wildman–Crippen LogP) is 5.28. The number of hydrogen-bond donors (Lipinski definition) is 0. The second-order valence-corrected chi connectivity index (χ2v) is 7.15. The van der Waals surface area contributed by atoms with Gasteiger partial charge in [0.15, 0.2) is 0 Å². The van der Waals surface area contributed by atoms with Gasteiger partial charge < -0.3 is 4.90 Å². The summed E-state index contributed by atoms with van der Waals surface area (Å²) in [6.07, 6.45) is 0. The van der Waals surface area contributed by atoms with Crippen LogP contribution in [0.5, 0.6) is 0 Å². The Morgan fingerprint density at radius 1 is 0.913 bits per heavy atom. The van der Waals surface area contributed by atoms with Crippen LogP contribution in [-0.2, 0) is 6.54 Å². The van der Waals surface area contributed by atoms with E-state index in [-0.39, 0.29) is 0 Å². The van der Waals surface area contributed by atoms with Crippen molar-refractivity contribution >= 4 is 40.5 Å². The van der Waals surface area contributed by atoms with E-state index in [0.717, 1.165) is 53.4 Å². The molecule has 122 valence electrons. The van der Waals surface area contributed by atoms with E-state index in [4.69, 9.17) is 34.8 Å². The van der Waals surface area contributed by atoms with Crippen LogP contribution in [0.3, 0.4) is 0 Å². The average Bonchev–Trinajstić information content (AvgIpc) is 2.54. The zero-order chi connectivity index (χ0) is 16.4. The molecule has 1 aliphatic heterocycles. The summed E-state index contributed by atoms with van der Waals surface area (Å²) in [5.41, 5.74) is 3.51. The van der Waals surface area contributed by atoms with Crippen molar-refractivity contribution < 1.29 is 0 Å². The fraction of sp³-hybridized carbons (Fsp3) is 0.333. The Morgan fingerprint density at radius 3 is 2.22 bits per heavy atom. The zero-order valence-corrected chi connectivity index (χ0v) is 15.3. The SMILES string of the molecule is Cc1ccc(Cl)cc1N1CCN(Cc2c(Cl)cccc2Cl)CC1. The average molecular weight is 370 g/mol. The monoisotopic (exact) mass is 368 g/mol. The van der Waals surface area contributed by atoms with Crippen molar-refractivity contribution in [1.29, 1.82) is 0 Å². The molecule has 0 bridgehead atoms. The Balaban J connectivity index is 1.66. The van der Waals surface area contributed by atoms with Gasteiger partial charge in [-0.05, 0) is 36.8 Å². The van der Waals surface area contributed by atoms with Crippen LogP contribution in [-0.4, -0.2) is 31.1 Å². The molecule has 1 heterocycles. The van der Waals surface area contributed by atoms with Gasteiger partial charge in [0, 0.05) is 59.0 Å². The first-order valence-corrected chi connectivity index (χ1v) is 8.84. The summed E-state index contributed by atoms with van der Waals surface area (Å²) >= 11 is 18.7. The van der Waals surface area contributed by atoms with E-state index >= 15 is 0 Å². The third kappa shape index (κ3) is 3.95. The molecule has 2 aromatic rings. The summed E-state index contributed by atoms with van der Waals surface area (Å²) in [5, 5.41) is 2.27. The molecule has 3 rings (SSSR count). The Bertz CT molecular complexity index is 674. The number of piperazine rings is 1. The van der Waals surface area contributed by atoms with Crippen LogP contribution in [0.1, 0.15) is 11.1 Å². The zero-order valence-electron chi connectivity index (χ0n) is 13.0. The highest BCUT2D eigenvalue weighted by Crippen LogP contribution is 2.28. The maximum Gasteiger partial charge on any atom is 0.0465 e. The van der Waals surface area contributed by atoms with Gasteiger partial charge in [0.05, 0.1) is 0 Å². The Morgan fingerprint density at radius 2 is 1.57 bits per heavy atom. The van der Waals surface area contributed by atoms with E-state index in [1.165, 1.54) is 11.3 Å². The van der Waals surface area contributed by atoms with Gasteiger partial charge in [0.2, 0.25) is 0 Å². The van der Waals surface area contributed by atoms with E-state index < -0.39 is 0 Å². The van der Waals surface area contributed by atoms with E-state index in [9.17, 15) is 0 Å². The lowest BCUT2D eigenvalue weighted by molar-refractivity contribution is 0.250. The van der Waals surface area contributed by atoms with Crippen molar-refractivity contribution in [3.8, 4) is 0 Å². The standard InChI is InChI=1S/C18H19Cl3N2/c1-13-5-6-14(19)11-18(13)23-9-7-22(8-10-23)12-15-16(20)3-2-4-17(15)21/h2-6,11H,7-10,12H2,1H3. The van der Waals surface area contributed by atoms with Crippen molar-refractivity contribution in [2.24, 2.45) is 0 Å². The maximum absolute atomic E-state index is 6.28. The van der Waals surface area contributed by atoms with Gasteiger partial charge >= 0.3 is 0 Å². The van der Waals surface area contributed by atoms with Crippen LogP contribution < -0.4 is 4.90 Å². The summed E-state index contributed by atoms with van der Waals surface area (Å²) in [4.78, 5) is 4.79. The van der Waals surface area contributed by atoms with Gasteiger partial charge in [-0.15, -0.1) is 0 Å². The number of anilines is 1. The molecule has 5 heteroatoms. The summed E-state index contributed by atoms with van der Waals surface area (Å²) < 4.78 is 0. The van der Waals surface area contributed by atoms with E-state index in [0.29, 0.717) is 0 Å². The van der Waals surface area contributed by atoms with Crippen LogP contribution in [0, 0.1) is 6.92 Å². The highest BCUT2D eigenvalue weighted by atomic mass is 35.5. The lowest BCUT2D eigenvalue weighted by atomic mass is 10.1. The van der Waals surface area contributed by atoms with Crippen molar-refractivity contribution in [3.05, 3.63) is 62.6 Å². The van der Waals surface area contributed by atoms with Crippen LogP contribution in [0.25, 0.3) is 0 Å². The summed E-state index contributed by atoms with van der Waals surface area (Å²) in [5.74, 6) is 0. The smallest absolute Gasteiger partial charge is 0.0465 e. The molecule has 0 spiro atoms. The molecule has 0 unspecified atom stereocenters. The number of aryl methyl sites for hydroxylation is 1. The quantitative estimate of drug-likeness (QED) is 0.726. The topological polar surface area (TPSA) is 6.48 Å². The molecule has 2 aromatic carbocycles. The number of rotatable bonds is 3. The minimum absolute atomic E-state index is 0.741. The number of nitrogens with zero attached hydrogens (tertiary/aromatic N) is 2. The minimum Gasteiger partial charge on any atom is -0.369 e. The van der Waals surface area contributed by atoms with Crippen LogP contribution >= 0.6 is 34.8 Å². The second-order valence-electron chi connectivity index (χ2n) is 5.89. The van der Waals surface area contributed by atoms with Crippen molar-refractivity contribution in [3.63, 3.8) is 0 Å². The largest absolute Gasteiger partial charge is 0.369 e. The molecule has 2 nitrogen and oxygen atoms in total. The summed E-state index contributed by atoms with van der Waals surface area (Å²) in [6, 6.07) is 11.7. The summed E-state index contributed by atoms with van der Waals surface area (Å²) in [6.45, 7) is 6.83. The first-order chi connectivity index (χ1) is 11.0. The molecule has 0 aromatic heterocycles. The highest BCUT2D eigenvalue weighted by molar-refractivity contribution is 6.36. The van der Waals surface area contributed by atoms with Crippen molar-refractivity contribution in [2.45, 2.75) is 13.5 Å². The molecular weight excluding hydrogens is 351 g/mol. The number of hydrogen-bond acceptors (Lipinski definition) is 2. The molecule has 0 saturated carbocycles. The first kappa shape index (κ1) is 16.9. The highest BCUT2D eigenvalue weighted by Gasteiger charge is 2.20. The fourth-order valence-corrected chi connectivity index (χ4v) is 3.66. The second kappa shape index (κ2) is 7.31. The lowest BCUT2D eigenvalue weighted by Gasteiger charge is -2.37. The fourth-order valence-electron chi connectivity index (χ4n) is 2.98.